The first-order chi connectivity index (χ1) is 10.8. The Kier molecular flexibility index (Phi) is 3.44. The summed E-state index contributed by atoms with van der Waals surface area (Å²) in [5.41, 5.74) is 4.63. The standard InChI is InChI=1S/C14H9BrFN3O4/c1-23-9-4-8(7(16)3-6(9)15)19-10(20)2-5-11(12(19)17)14(22)18-13(5)21/h2-4H,17H2,1H3,(H,18,21,22). The molecule has 3 rings (SSSR count). The van der Waals surface area contributed by atoms with Crippen molar-refractivity contribution in [2.75, 3.05) is 12.8 Å². The number of rotatable bonds is 2. The number of hydrogen-bond donors (Lipinski definition) is 2. The average molecular weight is 382 g/mol. The van der Waals surface area contributed by atoms with E-state index < -0.39 is 23.2 Å². The summed E-state index contributed by atoms with van der Waals surface area (Å²) in [4.78, 5) is 35.7. The zero-order valence-corrected chi connectivity index (χ0v) is 13.2. The van der Waals surface area contributed by atoms with Gasteiger partial charge in [0.25, 0.3) is 17.4 Å². The van der Waals surface area contributed by atoms with E-state index in [1.807, 2.05) is 5.32 Å². The van der Waals surface area contributed by atoms with Crippen LogP contribution in [0, 0.1) is 5.82 Å². The molecule has 1 aromatic carbocycles. The molecule has 2 heterocycles. The SMILES string of the molecule is COc1cc(-n2c(N)c3c(cc2=O)C(=O)NC3=O)c(F)cc1Br. The Morgan fingerprint density at radius 1 is 1.22 bits per heavy atom. The number of benzene rings is 1. The lowest BCUT2D eigenvalue weighted by molar-refractivity contribution is 0.0880. The molecule has 2 aromatic rings. The van der Waals surface area contributed by atoms with Gasteiger partial charge < -0.3 is 10.5 Å². The number of carbonyl (C=O) groups excluding carboxylic acids is 2. The van der Waals surface area contributed by atoms with Crippen LogP contribution in [0.5, 0.6) is 5.75 Å². The van der Waals surface area contributed by atoms with Gasteiger partial charge in [-0.2, -0.15) is 0 Å². The van der Waals surface area contributed by atoms with Crippen molar-refractivity contribution in [2.45, 2.75) is 0 Å². The number of ether oxygens (including phenoxy) is 1. The molecule has 0 saturated heterocycles. The first-order valence-electron chi connectivity index (χ1n) is 6.29. The summed E-state index contributed by atoms with van der Waals surface area (Å²) in [6.07, 6.45) is 0. The van der Waals surface area contributed by atoms with Gasteiger partial charge in [-0.15, -0.1) is 0 Å². The summed E-state index contributed by atoms with van der Waals surface area (Å²) in [5, 5.41) is 2.04. The van der Waals surface area contributed by atoms with Crippen molar-refractivity contribution < 1.29 is 18.7 Å². The number of nitrogens with two attached hydrogens (primary N) is 1. The summed E-state index contributed by atoms with van der Waals surface area (Å²) in [5.74, 6) is -2.25. The van der Waals surface area contributed by atoms with Gasteiger partial charge >= 0.3 is 0 Å². The maximum absolute atomic E-state index is 14.3. The van der Waals surface area contributed by atoms with Crippen LogP contribution in [-0.2, 0) is 0 Å². The predicted octanol–water partition coefficient (Wildman–Crippen LogP) is 1.21. The van der Waals surface area contributed by atoms with Crippen LogP contribution in [0.3, 0.4) is 0 Å². The van der Waals surface area contributed by atoms with Crippen LogP contribution >= 0.6 is 15.9 Å². The molecule has 0 aliphatic carbocycles. The molecule has 0 atom stereocenters. The van der Waals surface area contributed by atoms with Crippen LogP contribution in [0.1, 0.15) is 20.7 Å². The third-order valence-electron chi connectivity index (χ3n) is 3.42. The molecule has 0 saturated carbocycles. The molecular weight excluding hydrogens is 373 g/mol. The number of nitrogens with one attached hydrogen (secondary N) is 1. The second kappa shape index (κ2) is 5.20. The highest BCUT2D eigenvalue weighted by atomic mass is 79.9. The molecule has 0 fully saturated rings. The number of aromatic nitrogens is 1. The van der Waals surface area contributed by atoms with E-state index in [1.54, 1.807) is 0 Å². The molecule has 0 spiro atoms. The van der Waals surface area contributed by atoms with E-state index in [0.717, 1.165) is 16.7 Å². The number of carbonyl (C=O) groups is 2. The van der Waals surface area contributed by atoms with Crippen molar-refractivity contribution in [1.29, 1.82) is 0 Å². The van der Waals surface area contributed by atoms with E-state index in [0.29, 0.717) is 4.47 Å². The van der Waals surface area contributed by atoms with Crippen molar-refractivity contribution in [3.63, 3.8) is 0 Å². The fourth-order valence-corrected chi connectivity index (χ4v) is 2.85. The normalized spacial score (nSPS) is 13.0. The highest BCUT2D eigenvalue weighted by Gasteiger charge is 2.32. The van der Waals surface area contributed by atoms with E-state index in [-0.39, 0.29) is 28.4 Å². The maximum atomic E-state index is 14.3. The van der Waals surface area contributed by atoms with Gasteiger partial charge in [-0.1, -0.05) is 0 Å². The molecule has 0 radical (unpaired) electrons. The minimum absolute atomic E-state index is 0.127. The Balaban J connectivity index is 2.35. The van der Waals surface area contributed by atoms with E-state index in [2.05, 4.69) is 15.9 Å². The topological polar surface area (TPSA) is 103 Å². The molecule has 2 amide bonds. The summed E-state index contributed by atoms with van der Waals surface area (Å²) in [7, 11) is 1.38. The molecule has 7 nitrogen and oxygen atoms in total. The second-order valence-electron chi connectivity index (χ2n) is 4.71. The fourth-order valence-electron chi connectivity index (χ4n) is 2.37. The predicted molar refractivity (Wildman–Crippen MR) is 82.5 cm³/mol. The van der Waals surface area contributed by atoms with Crippen LogP contribution in [0.25, 0.3) is 5.69 Å². The molecule has 9 heteroatoms. The van der Waals surface area contributed by atoms with Crippen molar-refractivity contribution in [1.82, 2.24) is 9.88 Å². The monoisotopic (exact) mass is 381 g/mol. The number of fused-ring (bicyclic) bond motifs is 1. The molecule has 1 aromatic heterocycles. The minimum Gasteiger partial charge on any atom is -0.495 e. The quantitative estimate of drug-likeness (QED) is 0.761. The molecule has 1 aliphatic rings. The van der Waals surface area contributed by atoms with E-state index in [1.165, 1.54) is 13.2 Å². The summed E-state index contributed by atoms with van der Waals surface area (Å²) < 4.78 is 20.5. The molecular formula is C14H9BrFN3O4. The highest BCUT2D eigenvalue weighted by Crippen LogP contribution is 2.31. The molecule has 118 valence electrons. The van der Waals surface area contributed by atoms with Crippen molar-refractivity contribution in [3.05, 3.63) is 50.0 Å². The summed E-state index contributed by atoms with van der Waals surface area (Å²) in [6, 6.07) is 3.32. The number of nitrogens with zero attached hydrogens (tertiary/aromatic N) is 1. The third kappa shape index (κ3) is 2.20. The van der Waals surface area contributed by atoms with Gasteiger partial charge in [-0.05, 0) is 22.0 Å². The van der Waals surface area contributed by atoms with Gasteiger partial charge in [0.15, 0.2) is 0 Å². The summed E-state index contributed by atoms with van der Waals surface area (Å²) in [6.45, 7) is 0. The molecule has 0 bridgehead atoms. The van der Waals surface area contributed by atoms with Gasteiger partial charge in [0.05, 0.1) is 28.4 Å². The fraction of sp³-hybridized carbons (Fsp3) is 0.0714. The lowest BCUT2D eigenvalue weighted by Gasteiger charge is -2.14. The number of anilines is 1. The number of amides is 2. The Bertz CT molecular complexity index is 939. The van der Waals surface area contributed by atoms with Gasteiger partial charge in [0, 0.05) is 12.1 Å². The molecule has 0 unspecified atom stereocenters. The van der Waals surface area contributed by atoms with Crippen LogP contribution in [0.15, 0.2) is 27.5 Å². The largest absolute Gasteiger partial charge is 0.495 e. The molecule has 23 heavy (non-hydrogen) atoms. The highest BCUT2D eigenvalue weighted by molar-refractivity contribution is 9.10. The second-order valence-corrected chi connectivity index (χ2v) is 5.57. The lowest BCUT2D eigenvalue weighted by Crippen LogP contribution is -2.24. The number of halogens is 2. The zero-order valence-electron chi connectivity index (χ0n) is 11.6. The smallest absolute Gasteiger partial charge is 0.262 e. The lowest BCUT2D eigenvalue weighted by atomic mass is 10.1. The van der Waals surface area contributed by atoms with Crippen molar-refractivity contribution >= 4 is 33.6 Å². The van der Waals surface area contributed by atoms with Crippen LogP contribution in [-0.4, -0.2) is 23.5 Å². The zero-order chi connectivity index (χ0) is 16.9. The van der Waals surface area contributed by atoms with Gasteiger partial charge in [0.1, 0.15) is 17.4 Å². The Morgan fingerprint density at radius 2 is 1.91 bits per heavy atom. The van der Waals surface area contributed by atoms with Crippen LogP contribution < -0.4 is 21.3 Å². The summed E-state index contributed by atoms with van der Waals surface area (Å²) >= 11 is 3.13. The third-order valence-corrected chi connectivity index (χ3v) is 4.04. The van der Waals surface area contributed by atoms with Crippen molar-refractivity contribution in [2.24, 2.45) is 0 Å². The van der Waals surface area contributed by atoms with E-state index in [4.69, 9.17) is 10.5 Å². The number of pyridine rings is 1. The van der Waals surface area contributed by atoms with E-state index >= 15 is 0 Å². The maximum Gasteiger partial charge on any atom is 0.262 e. The minimum atomic E-state index is -0.754. The first-order valence-corrected chi connectivity index (χ1v) is 7.09. The van der Waals surface area contributed by atoms with Crippen molar-refractivity contribution in [3.8, 4) is 11.4 Å². The number of imide groups is 1. The van der Waals surface area contributed by atoms with Crippen LogP contribution in [0.4, 0.5) is 10.2 Å². The van der Waals surface area contributed by atoms with Gasteiger partial charge in [-0.3, -0.25) is 24.3 Å². The first kappa shape index (κ1) is 15.2. The molecule has 3 N–H and O–H groups in total. The van der Waals surface area contributed by atoms with Crippen LogP contribution in [0.2, 0.25) is 0 Å². The average Bonchev–Trinajstić information content (AvgIpc) is 2.75. The van der Waals surface area contributed by atoms with Gasteiger partial charge in [0.2, 0.25) is 0 Å². The number of hydrogen-bond acceptors (Lipinski definition) is 5. The Morgan fingerprint density at radius 3 is 2.57 bits per heavy atom. The molecule has 1 aliphatic heterocycles. The number of methoxy groups -OCH3 is 1. The number of nitrogen functional groups attached to an aromatic ring is 1. The van der Waals surface area contributed by atoms with E-state index in [9.17, 15) is 18.8 Å². The Labute approximate surface area is 137 Å². The van der Waals surface area contributed by atoms with Gasteiger partial charge in [-0.25, -0.2) is 4.39 Å². The Hall–Kier alpha value is -2.68.